The quantitative estimate of drug-likeness (QED) is 0.288. The molecule has 0 aromatic carbocycles. The molecule has 2 spiro atoms. The predicted molar refractivity (Wildman–Crippen MR) is 140 cm³/mol. The van der Waals surface area contributed by atoms with E-state index >= 15 is 0 Å². The molecule has 192 valence electrons. The van der Waals surface area contributed by atoms with Crippen LogP contribution in [0, 0.1) is 57.2 Å². The molecular weight excluding hydrogens is 416 g/mol. The molecule has 5 aliphatic carbocycles. The van der Waals surface area contributed by atoms with Crippen molar-refractivity contribution < 1.29 is 9.53 Å². The van der Waals surface area contributed by atoms with Gasteiger partial charge in [0, 0.05) is 6.92 Å². The van der Waals surface area contributed by atoms with Crippen LogP contribution in [0.2, 0.25) is 0 Å². The summed E-state index contributed by atoms with van der Waals surface area (Å²) >= 11 is 0. The van der Waals surface area contributed by atoms with Gasteiger partial charge in [-0.2, -0.15) is 0 Å². The van der Waals surface area contributed by atoms with Crippen LogP contribution < -0.4 is 0 Å². The number of fused-ring (bicyclic) bond motifs is 2. The van der Waals surface area contributed by atoms with Gasteiger partial charge in [-0.05, 0) is 135 Å². The topological polar surface area (TPSA) is 26.3 Å². The molecule has 11 unspecified atom stereocenters. The molecule has 5 aliphatic rings. The minimum absolute atomic E-state index is 0.0864. The van der Waals surface area contributed by atoms with Crippen molar-refractivity contribution in [2.45, 2.75) is 125 Å². The molecule has 0 bridgehead atoms. The van der Waals surface area contributed by atoms with E-state index in [0.717, 1.165) is 30.1 Å². The number of hydrogen-bond donors (Lipinski definition) is 0. The van der Waals surface area contributed by atoms with Gasteiger partial charge in [0.05, 0.1) is 0 Å². The van der Waals surface area contributed by atoms with Gasteiger partial charge in [0.2, 0.25) is 0 Å². The molecule has 34 heavy (non-hydrogen) atoms. The Morgan fingerprint density at radius 3 is 2.35 bits per heavy atom. The Labute approximate surface area is 210 Å². The molecule has 0 heterocycles. The maximum atomic E-state index is 11.7. The van der Waals surface area contributed by atoms with Crippen molar-refractivity contribution in [3.63, 3.8) is 0 Å². The van der Waals surface area contributed by atoms with Gasteiger partial charge < -0.3 is 4.74 Å². The van der Waals surface area contributed by atoms with E-state index in [1.807, 2.05) is 0 Å². The third-order valence-corrected chi connectivity index (χ3v) is 13.6. The number of esters is 1. The first-order valence-electron chi connectivity index (χ1n) is 14.7. The zero-order valence-corrected chi connectivity index (χ0v) is 23.3. The fourth-order valence-corrected chi connectivity index (χ4v) is 11.3. The number of allylic oxidation sites excluding steroid dienone is 1. The Bertz CT molecular complexity index is 846. The van der Waals surface area contributed by atoms with Crippen molar-refractivity contribution >= 4 is 5.97 Å². The molecule has 11 atom stereocenters. The first kappa shape index (κ1) is 24.9. The first-order valence-corrected chi connectivity index (χ1v) is 14.7. The van der Waals surface area contributed by atoms with Gasteiger partial charge in [-0.1, -0.05) is 46.8 Å². The van der Waals surface area contributed by atoms with Gasteiger partial charge >= 0.3 is 5.97 Å². The first-order chi connectivity index (χ1) is 15.9. The van der Waals surface area contributed by atoms with Crippen molar-refractivity contribution in [1.29, 1.82) is 0 Å². The summed E-state index contributed by atoms with van der Waals surface area (Å²) in [5.41, 5.74) is 3.53. The molecule has 2 nitrogen and oxygen atoms in total. The van der Waals surface area contributed by atoms with Crippen molar-refractivity contribution in [3.8, 4) is 0 Å². The van der Waals surface area contributed by atoms with E-state index < -0.39 is 0 Å². The van der Waals surface area contributed by atoms with E-state index in [1.165, 1.54) is 69.8 Å². The van der Waals surface area contributed by atoms with Gasteiger partial charge in [0.25, 0.3) is 0 Å². The molecule has 0 saturated heterocycles. The van der Waals surface area contributed by atoms with Crippen LogP contribution in [-0.4, -0.2) is 12.1 Å². The van der Waals surface area contributed by atoms with Crippen molar-refractivity contribution in [1.82, 2.24) is 0 Å². The third kappa shape index (κ3) is 3.21. The van der Waals surface area contributed by atoms with Gasteiger partial charge in [0.1, 0.15) is 6.10 Å². The summed E-state index contributed by atoms with van der Waals surface area (Å²) in [6.45, 7) is 20.8. The van der Waals surface area contributed by atoms with Crippen molar-refractivity contribution in [3.05, 3.63) is 12.2 Å². The molecule has 5 fully saturated rings. The maximum absolute atomic E-state index is 11.7. The molecule has 0 radical (unpaired) electrons. The molecule has 0 amide bonds. The summed E-state index contributed by atoms with van der Waals surface area (Å²) in [4.78, 5) is 11.7. The van der Waals surface area contributed by atoms with Crippen LogP contribution in [0.15, 0.2) is 12.2 Å². The zero-order chi connectivity index (χ0) is 24.7. The highest BCUT2D eigenvalue weighted by Crippen LogP contribution is 2.88. The summed E-state index contributed by atoms with van der Waals surface area (Å²) in [7, 11) is 0. The van der Waals surface area contributed by atoms with Crippen molar-refractivity contribution in [2.75, 3.05) is 0 Å². The summed E-state index contributed by atoms with van der Waals surface area (Å²) in [5.74, 6) is 4.50. The van der Waals surface area contributed by atoms with Gasteiger partial charge in [-0.3, -0.25) is 4.79 Å². The average molecular weight is 469 g/mol. The molecule has 0 N–H and O–H groups in total. The minimum atomic E-state index is -0.0864. The van der Waals surface area contributed by atoms with E-state index in [4.69, 9.17) is 4.74 Å². The standard InChI is InChI=1S/C32H52O2/c1-20(2)21(3)9-10-22(4)25-13-15-30(8)28-12-11-26-23(5)27(34-24(6)33)14-16-31(26)19-32(28,31)18-17-29(25,30)7/h21-23,25-28H,1,9-19H2,2-8H3. The SMILES string of the molecule is C=C(C)C(C)CCC(C)C1CCC2(C)C3CCC4C(C)C(OC(C)=O)CCC45CC35CCC12C. The molecule has 0 aliphatic heterocycles. The lowest BCUT2D eigenvalue weighted by molar-refractivity contribution is -0.165. The lowest BCUT2D eigenvalue weighted by atomic mass is 9.43. The number of carbonyl (C=O) groups is 1. The second kappa shape index (κ2) is 8.11. The van der Waals surface area contributed by atoms with Gasteiger partial charge in [-0.25, -0.2) is 0 Å². The zero-order valence-electron chi connectivity index (χ0n) is 23.3. The molecule has 2 heteroatoms. The van der Waals surface area contributed by atoms with Crippen LogP contribution in [0.25, 0.3) is 0 Å². The van der Waals surface area contributed by atoms with Crippen LogP contribution in [-0.2, 0) is 9.53 Å². The lowest BCUT2D eigenvalue weighted by Crippen LogP contribution is -2.56. The summed E-state index contributed by atoms with van der Waals surface area (Å²) in [6, 6.07) is 0. The van der Waals surface area contributed by atoms with E-state index in [1.54, 1.807) is 6.92 Å². The molecule has 0 aromatic rings. The molecule has 5 saturated carbocycles. The minimum Gasteiger partial charge on any atom is -0.462 e. The average Bonchev–Trinajstić information content (AvgIpc) is 3.36. The highest BCUT2D eigenvalue weighted by molar-refractivity contribution is 5.66. The third-order valence-electron chi connectivity index (χ3n) is 13.6. The summed E-state index contributed by atoms with van der Waals surface area (Å²) in [5, 5.41) is 0. The van der Waals surface area contributed by atoms with Crippen LogP contribution in [0.1, 0.15) is 119 Å². The van der Waals surface area contributed by atoms with E-state index in [2.05, 4.69) is 48.1 Å². The van der Waals surface area contributed by atoms with E-state index in [9.17, 15) is 4.79 Å². The fraction of sp³-hybridized carbons (Fsp3) is 0.906. The Hall–Kier alpha value is -0.790. The highest BCUT2D eigenvalue weighted by Gasteiger charge is 2.81. The molecule has 5 rings (SSSR count). The Morgan fingerprint density at radius 1 is 0.941 bits per heavy atom. The largest absolute Gasteiger partial charge is 0.462 e. The van der Waals surface area contributed by atoms with Crippen LogP contribution in [0.4, 0.5) is 0 Å². The number of carbonyl (C=O) groups excluding carboxylic acids is 1. The smallest absolute Gasteiger partial charge is 0.302 e. The normalized spacial score (nSPS) is 50.7. The summed E-state index contributed by atoms with van der Waals surface area (Å²) in [6.07, 6.45) is 15.3. The van der Waals surface area contributed by atoms with E-state index in [0.29, 0.717) is 33.5 Å². The fourth-order valence-electron chi connectivity index (χ4n) is 11.3. The molecular formula is C32H52O2. The second-order valence-corrected chi connectivity index (χ2v) is 14.6. The van der Waals surface area contributed by atoms with E-state index in [-0.39, 0.29) is 12.1 Å². The van der Waals surface area contributed by atoms with Crippen LogP contribution in [0.3, 0.4) is 0 Å². The Balaban J connectivity index is 1.34. The van der Waals surface area contributed by atoms with Gasteiger partial charge in [0.15, 0.2) is 0 Å². The highest BCUT2D eigenvalue weighted by atomic mass is 16.5. The van der Waals surface area contributed by atoms with Crippen molar-refractivity contribution in [2.24, 2.45) is 57.2 Å². The number of hydrogen-bond acceptors (Lipinski definition) is 2. The van der Waals surface area contributed by atoms with Crippen LogP contribution in [0.5, 0.6) is 0 Å². The Morgan fingerprint density at radius 2 is 1.68 bits per heavy atom. The Kier molecular flexibility index (Phi) is 5.93. The van der Waals surface area contributed by atoms with Gasteiger partial charge in [-0.15, -0.1) is 0 Å². The number of ether oxygens (including phenoxy) is 1. The monoisotopic (exact) mass is 468 g/mol. The lowest BCUT2D eigenvalue weighted by Gasteiger charge is -2.62. The molecule has 0 aromatic heterocycles. The second-order valence-electron chi connectivity index (χ2n) is 14.6. The predicted octanol–water partition coefficient (Wildman–Crippen LogP) is 8.60. The maximum Gasteiger partial charge on any atom is 0.302 e. The summed E-state index contributed by atoms with van der Waals surface area (Å²) < 4.78 is 5.81. The number of rotatable bonds is 6. The van der Waals surface area contributed by atoms with Crippen LogP contribution >= 0.6 is 0 Å².